The lowest BCUT2D eigenvalue weighted by Gasteiger charge is -2.30. The fourth-order valence-electron chi connectivity index (χ4n) is 4.83. The van der Waals surface area contributed by atoms with Crippen LogP contribution in [-0.4, -0.2) is 40.0 Å². The molecule has 26 heavy (non-hydrogen) atoms. The second-order valence-corrected chi connectivity index (χ2v) is 7.69. The van der Waals surface area contributed by atoms with Gasteiger partial charge in [0.25, 0.3) is 0 Å². The molecular formula is C22H25NO3. The maximum absolute atomic E-state index is 6.15. The average molecular weight is 351 g/mol. The summed E-state index contributed by atoms with van der Waals surface area (Å²) in [6.07, 6.45) is 2.33. The van der Waals surface area contributed by atoms with Crippen LogP contribution in [0.5, 0.6) is 11.5 Å². The van der Waals surface area contributed by atoms with Crippen LogP contribution in [0.25, 0.3) is 0 Å². The highest BCUT2D eigenvalue weighted by Gasteiger charge is 2.49. The van der Waals surface area contributed by atoms with Gasteiger partial charge in [0.2, 0.25) is 0 Å². The van der Waals surface area contributed by atoms with E-state index in [-0.39, 0.29) is 5.41 Å². The molecule has 4 heteroatoms. The molecule has 0 saturated carbocycles. The average Bonchev–Trinajstić information content (AvgIpc) is 3.22. The van der Waals surface area contributed by atoms with E-state index in [0.29, 0.717) is 12.5 Å². The molecule has 0 bridgehead atoms. The molecule has 4 nitrogen and oxygen atoms in total. The number of benzene rings is 2. The second kappa shape index (κ2) is 6.20. The molecule has 0 aromatic heterocycles. The lowest BCUT2D eigenvalue weighted by molar-refractivity contribution is 0.0681. The number of nitrogens with zero attached hydrogens (tertiary/aromatic N) is 1. The molecule has 3 aliphatic rings. The van der Waals surface area contributed by atoms with E-state index in [1.54, 1.807) is 7.11 Å². The van der Waals surface area contributed by atoms with Gasteiger partial charge < -0.3 is 19.1 Å². The Morgan fingerprint density at radius 1 is 1.12 bits per heavy atom. The van der Waals surface area contributed by atoms with Gasteiger partial charge in [-0.25, -0.2) is 0 Å². The van der Waals surface area contributed by atoms with Gasteiger partial charge in [0.05, 0.1) is 12.5 Å². The van der Waals surface area contributed by atoms with E-state index in [1.165, 1.54) is 16.8 Å². The number of fused-ring (bicyclic) bond motifs is 4. The Kier molecular flexibility index (Phi) is 3.82. The fraction of sp³-hybridized carbons (Fsp3) is 0.455. The van der Waals surface area contributed by atoms with Crippen molar-refractivity contribution in [3.63, 3.8) is 0 Å². The van der Waals surface area contributed by atoms with E-state index in [0.717, 1.165) is 50.6 Å². The third-order valence-electron chi connectivity index (χ3n) is 6.22. The normalized spacial score (nSPS) is 24.4. The molecule has 3 heterocycles. The lowest BCUT2D eigenvalue weighted by Crippen LogP contribution is -2.38. The van der Waals surface area contributed by atoms with Crippen LogP contribution in [0.3, 0.4) is 0 Å². The first kappa shape index (κ1) is 16.0. The molecule has 5 rings (SSSR count). The minimum Gasteiger partial charge on any atom is -0.497 e. The summed E-state index contributed by atoms with van der Waals surface area (Å²) in [6.45, 7) is 4.60. The van der Waals surface area contributed by atoms with Gasteiger partial charge in [-0.2, -0.15) is 0 Å². The Balaban J connectivity index is 1.52. The van der Waals surface area contributed by atoms with E-state index in [9.17, 15) is 0 Å². The Morgan fingerprint density at radius 2 is 1.96 bits per heavy atom. The number of hydrogen-bond acceptors (Lipinski definition) is 4. The van der Waals surface area contributed by atoms with Crippen LogP contribution < -0.4 is 14.4 Å². The summed E-state index contributed by atoms with van der Waals surface area (Å²) in [5.41, 5.74) is 3.99. The first-order valence-corrected chi connectivity index (χ1v) is 9.54. The van der Waals surface area contributed by atoms with Gasteiger partial charge >= 0.3 is 0 Å². The summed E-state index contributed by atoms with van der Waals surface area (Å²) in [5.74, 6) is 2.53. The quantitative estimate of drug-likeness (QED) is 0.845. The van der Waals surface area contributed by atoms with Crippen molar-refractivity contribution in [2.24, 2.45) is 5.92 Å². The third-order valence-corrected chi connectivity index (χ3v) is 6.22. The maximum Gasteiger partial charge on any atom is 0.127 e. The zero-order valence-corrected chi connectivity index (χ0v) is 15.2. The van der Waals surface area contributed by atoms with Crippen molar-refractivity contribution in [1.82, 2.24) is 0 Å². The van der Waals surface area contributed by atoms with Gasteiger partial charge in [0.15, 0.2) is 0 Å². The number of methoxy groups -OCH3 is 1. The number of anilines is 1. The number of rotatable bonds is 3. The highest BCUT2D eigenvalue weighted by Crippen LogP contribution is 2.52. The van der Waals surface area contributed by atoms with Gasteiger partial charge in [-0.3, -0.25) is 0 Å². The predicted octanol–water partition coefficient (Wildman–Crippen LogP) is 3.62. The van der Waals surface area contributed by atoms with Crippen molar-refractivity contribution in [3.8, 4) is 11.5 Å². The number of ether oxygens (including phenoxy) is 3. The molecule has 1 atom stereocenters. The van der Waals surface area contributed by atoms with Crippen molar-refractivity contribution < 1.29 is 14.2 Å². The van der Waals surface area contributed by atoms with Crippen LogP contribution in [0, 0.1) is 5.92 Å². The molecule has 1 spiro atoms. The zero-order valence-electron chi connectivity index (χ0n) is 15.2. The molecule has 136 valence electrons. The van der Waals surface area contributed by atoms with Gasteiger partial charge in [-0.05, 0) is 36.5 Å². The summed E-state index contributed by atoms with van der Waals surface area (Å²) >= 11 is 0. The highest BCUT2D eigenvalue weighted by molar-refractivity contribution is 5.69. The van der Waals surface area contributed by atoms with Gasteiger partial charge in [0.1, 0.15) is 18.1 Å². The molecule has 0 aliphatic carbocycles. The second-order valence-electron chi connectivity index (χ2n) is 7.69. The summed E-state index contributed by atoms with van der Waals surface area (Å²) in [7, 11) is 1.70. The van der Waals surface area contributed by atoms with Gasteiger partial charge in [-0.1, -0.05) is 24.3 Å². The van der Waals surface area contributed by atoms with Crippen LogP contribution in [0.4, 0.5) is 5.69 Å². The summed E-state index contributed by atoms with van der Waals surface area (Å²) < 4.78 is 17.1. The predicted molar refractivity (Wildman–Crippen MR) is 101 cm³/mol. The van der Waals surface area contributed by atoms with Crippen LogP contribution in [-0.2, 0) is 10.2 Å². The molecule has 1 fully saturated rings. The van der Waals surface area contributed by atoms with Crippen LogP contribution in [0.15, 0.2) is 42.5 Å². The SMILES string of the molecule is COc1ccc2c(c1)OCC21CN(CC2CCOCC2)c2ccccc21. The number of hydrogen-bond donors (Lipinski definition) is 0. The lowest BCUT2D eigenvalue weighted by atomic mass is 9.78. The monoisotopic (exact) mass is 351 g/mol. The molecule has 0 radical (unpaired) electrons. The van der Waals surface area contributed by atoms with Crippen molar-refractivity contribution in [2.75, 3.05) is 44.9 Å². The molecule has 2 aromatic rings. The maximum atomic E-state index is 6.15. The van der Waals surface area contributed by atoms with Crippen molar-refractivity contribution in [2.45, 2.75) is 18.3 Å². The Hall–Kier alpha value is -2.20. The summed E-state index contributed by atoms with van der Waals surface area (Å²) in [5, 5.41) is 0. The fourth-order valence-corrected chi connectivity index (χ4v) is 4.83. The molecule has 1 unspecified atom stereocenters. The molecule has 1 saturated heterocycles. The minimum absolute atomic E-state index is 0.0661. The van der Waals surface area contributed by atoms with Crippen molar-refractivity contribution in [3.05, 3.63) is 53.6 Å². The van der Waals surface area contributed by atoms with Crippen molar-refractivity contribution in [1.29, 1.82) is 0 Å². The first-order valence-electron chi connectivity index (χ1n) is 9.54. The Morgan fingerprint density at radius 3 is 2.81 bits per heavy atom. The Labute approximate surface area is 154 Å². The smallest absolute Gasteiger partial charge is 0.127 e. The third kappa shape index (κ3) is 2.39. The topological polar surface area (TPSA) is 30.9 Å². The standard InChI is InChI=1S/C22H25NO3/c1-24-17-6-7-19-21(12-17)26-15-22(19)14-23(13-16-8-10-25-11-9-16)20-5-3-2-4-18(20)22/h2-7,12,16H,8-11,13-15H2,1H3. The summed E-state index contributed by atoms with van der Waals surface area (Å²) in [6, 6.07) is 15.1. The van der Waals surface area contributed by atoms with E-state index >= 15 is 0 Å². The van der Waals surface area contributed by atoms with E-state index in [2.05, 4.69) is 41.3 Å². The largest absolute Gasteiger partial charge is 0.497 e. The minimum atomic E-state index is -0.0661. The van der Waals surface area contributed by atoms with E-state index in [1.807, 2.05) is 6.07 Å². The summed E-state index contributed by atoms with van der Waals surface area (Å²) in [4.78, 5) is 2.58. The zero-order chi connectivity index (χ0) is 17.6. The van der Waals surface area contributed by atoms with Crippen LogP contribution >= 0.6 is 0 Å². The van der Waals surface area contributed by atoms with Crippen molar-refractivity contribution >= 4 is 5.69 Å². The van der Waals surface area contributed by atoms with Gasteiger partial charge in [-0.15, -0.1) is 0 Å². The highest BCUT2D eigenvalue weighted by atomic mass is 16.5. The molecule has 3 aliphatic heterocycles. The molecule has 2 aromatic carbocycles. The molecule has 0 amide bonds. The molecule has 0 N–H and O–H groups in total. The van der Waals surface area contributed by atoms with E-state index < -0.39 is 0 Å². The number of para-hydroxylation sites is 1. The molecular weight excluding hydrogens is 326 g/mol. The van der Waals surface area contributed by atoms with E-state index in [4.69, 9.17) is 14.2 Å². The Bertz CT molecular complexity index is 815. The van der Waals surface area contributed by atoms with Crippen LogP contribution in [0.2, 0.25) is 0 Å². The van der Waals surface area contributed by atoms with Gasteiger partial charge in [0, 0.05) is 43.6 Å². The van der Waals surface area contributed by atoms with Crippen LogP contribution in [0.1, 0.15) is 24.0 Å². The first-order chi connectivity index (χ1) is 12.8.